The van der Waals surface area contributed by atoms with Crippen LogP contribution in [-0.4, -0.2) is 33.4 Å². The van der Waals surface area contributed by atoms with Gasteiger partial charge in [-0.3, -0.25) is 9.59 Å². The van der Waals surface area contributed by atoms with E-state index >= 15 is 0 Å². The number of rotatable bonds is 5. The molecule has 1 N–H and O–H groups in total. The van der Waals surface area contributed by atoms with Gasteiger partial charge in [-0.15, -0.1) is 0 Å². The van der Waals surface area contributed by atoms with Crippen molar-refractivity contribution in [3.05, 3.63) is 107 Å². The molecule has 0 saturated carbocycles. The van der Waals surface area contributed by atoms with Crippen molar-refractivity contribution in [3.8, 4) is 5.75 Å². The van der Waals surface area contributed by atoms with Crippen molar-refractivity contribution in [1.29, 1.82) is 0 Å². The van der Waals surface area contributed by atoms with Gasteiger partial charge in [0.2, 0.25) is 0 Å². The fraction of sp³-hybridized carbons (Fsp3) is 0.250. The lowest BCUT2D eigenvalue weighted by molar-refractivity contribution is -0.140. The van der Waals surface area contributed by atoms with Gasteiger partial charge in [0, 0.05) is 47.4 Å². The maximum Gasteiger partial charge on any atom is 0.295 e. The van der Waals surface area contributed by atoms with Gasteiger partial charge in [-0.2, -0.15) is 0 Å². The quantitative estimate of drug-likeness (QED) is 0.190. The number of benzene rings is 3. The lowest BCUT2D eigenvalue weighted by Crippen LogP contribution is -2.29. The smallest absolute Gasteiger partial charge is 0.295 e. The first-order chi connectivity index (χ1) is 18.5. The molecule has 1 atom stereocenters. The number of ether oxygens (including phenoxy) is 1. The molecule has 39 heavy (non-hydrogen) atoms. The van der Waals surface area contributed by atoms with Crippen LogP contribution in [-0.2, 0) is 28.6 Å². The third kappa shape index (κ3) is 4.58. The van der Waals surface area contributed by atoms with Crippen LogP contribution in [0, 0.1) is 5.82 Å². The minimum absolute atomic E-state index is 0.0171. The number of halogens is 1. The Bertz CT molecular complexity index is 1630. The number of aliphatic hydroxyl groups is 1. The molecule has 1 amide bonds. The van der Waals surface area contributed by atoms with E-state index in [9.17, 15) is 19.1 Å². The van der Waals surface area contributed by atoms with E-state index in [1.165, 1.54) is 17.0 Å². The summed E-state index contributed by atoms with van der Waals surface area (Å²) in [4.78, 5) is 28.6. The van der Waals surface area contributed by atoms with Crippen LogP contribution in [0.5, 0.6) is 5.75 Å². The first kappa shape index (κ1) is 26.2. The summed E-state index contributed by atoms with van der Waals surface area (Å²) in [7, 11) is 3.49. The first-order valence-electron chi connectivity index (χ1n) is 12.8. The summed E-state index contributed by atoms with van der Waals surface area (Å²) in [5.74, 6) is -1.45. The number of carbonyl (C=O) groups excluding carboxylic acids is 2. The molecule has 6 nitrogen and oxygen atoms in total. The summed E-state index contributed by atoms with van der Waals surface area (Å²) >= 11 is 0. The van der Waals surface area contributed by atoms with E-state index in [0.717, 1.165) is 22.0 Å². The summed E-state index contributed by atoms with van der Waals surface area (Å²) in [6.45, 7) is 6.18. The van der Waals surface area contributed by atoms with Crippen molar-refractivity contribution in [2.24, 2.45) is 7.05 Å². The number of Topliss-reactive ketones (excluding diaryl/α,β-unsaturated/α-hetero) is 1. The fourth-order valence-corrected chi connectivity index (χ4v) is 5.34. The zero-order valence-corrected chi connectivity index (χ0v) is 22.7. The fourth-order valence-electron chi connectivity index (χ4n) is 5.34. The maximum atomic E-state index is 13.6. The molecule has 4 aromatic rings. The van der Waals surface area contributed by atoms with Crippen LogP contribution in [0.25, 0.3) is 16.7 Å². The highest BCUT2D eigenvalue weighted by Gasteiger charge is 2.47. The predicted octanol–water partition coefficient (Wildman–Crippen LogP) is 6.25. The number of hydrogen-bond donors (Lipinski definition) is 1. The SMILES string of the molecule is COc1ccc(/C(O)=C2\C(=O)C(=O)N(Cc3ccc(F)cc3)C2c2cn(C)c3ccccc23)cc1C(C)(C)C. The van der Waals surface area contributed by atoms with E-state index in [0.29, 0.717) is 16.9 Å². The molecule has 5 rings (SSSR count). The number of ketones is 1. The molecule has 0 bridgehead atoms. The average Bonchev–Trinajstić information content (AvgIpc) is 3.37. The molecule has 7 heteroatoms. The van der Waals surface area contributed by atoms with Crippen LogP contribution in [0.1, 0.15) is 49.1 Å². The second kappa shape index (κ2) is 9.73. The van der Waals surface area contributed by atoms with Crippen LogP contribution >= 0.6 is 0 Å². The minimum Gasteiger partial charge on any atom is -0.507 e. The molecular formula is C32H31FN2O4. The Kier molecular flexibility index (Phi) is 6.54. The third-order valence-electron chi connectivity index (χ3n) is 7.31. The monoisotopic (exact) mass is 526 g/mol. The molecule has 3 aromatic carbocycles. The topological polar surface area (TPSA) is 71.8 Å². The van der Waals surface area contributed by atoms with Gasteiger partial charge in [0.25, 0.3) is 11.7 Å². The number of aryl methyl sites for hydroxylation is 1. The Morgan fingerprint density at radius 3 is 2.38 bits per heavy atom. The summed E-state index contributed by atoms with van der Waals surface area (Å²) < 4.78 is 21.1. The average molecular weight is 527 g/mol. The zero-order valence-electron chi connectivity index (χ0n) is 22.7. The maximum absolute atomic E-state index is 13.6. The van der Waals surface area contributed by atoms with Crippen molar-refractivity contribution in [2.75, 3.05) is 7.11 Å². The highest BCUT2D eigenvalue weighted by atomic mass is 19.1. The second-order valence-corrected chi connectivity index (χ2v) is 10.9. The van der Waals surface area contributed by atoms with Gasteiger partial charge in [-0.1, -0.05) is 51.1 Å². The van der Waals surface area contributed by atoms with Crippen molar-refractivity contribution in [3.63, 3.8) is 0 Å². The van der Waals surface area contributed by atoms with E-state index in [-0.39, 0.29) is 29.1 Å². The second-order valence-electron chi connectivity index (χ2n) is 10.9. The van der Waals surface area contributed by atoms with Crippen LogP contribution in [0.2, 0.25) is 0 Å². The number of aliphatic hydroxyl groups excluding tert-OH is 1. The number of methoxy groups -OCH3 is 1. The lowest BCUT2D eigenvalue weighted by Gasteiger charge is -2.25. The van der Waals surface area contributed by atoms with Crippen LogP contribution < -0.4 is 4.74 Å². The summed E-state index contributed by atoms with van der Waals surface area (Å²) in [6, 6.07) is 18.0. The third-order valence-corrected chi connectivity index (χ3v) is 7.31. The number of hydrogen-bond acceptors (Lipinski definition) is 4. The largest absolute Gasteiger partial charge is 0.507 e. The van der Waals surface area contributed by atoms with Gasteiger partial charge >= 0.3 is 0 Å². The molecule has 0 aliphatic carbocycles. The minimum atomic E-state index is -0.846. The number of amides is 1. The molecule has 0 radical (unpaired) electrons. The Balaban J connectivity index is 1.73. The molecule has 200 valence electrons. The van der Waals surface area contributed by atoms with Crippen molar-refractivity contribution >= 4 is 28.4 Å². The molecule has 1 aliphatic heterocycles. The van der Waals surface area contributed by atoms with E-state index in [4.69, 9.17) is 4.74 Å². The molecule has 1 saturated heterocycles. The number of aromatic nitrogens is 1. The van der Waals surface area contributed by atoms with Gasteiger partial charge in [0.1, 0.15) is 17.3 Å². The molecule has 2 heterocycles. The molecule has 1 aliphatic rings. The lowest BCUT2D eigenvalue weighted by atomic mass is 9.84. The molecule has 1 aromatic heterocycles. The number of nitrogens with zero attached hydrogens (tertiary/aromatic N) is 2. The van der Waals surface area contributed by atoms with Crippen LogP contribution in [0.4, 0.5) is 4.39 Å². The zero-order chi connectivity index (χ0) is 28.1. The van der Waals surface area contributed by atoms with Crippen molar-refractivity contribution in [2.45, 2.75) is 38.8 Å². The standard InChI is InChI=1S/C32H31FN2O4/c1-32(2,3)24-16-20(12-15-26(24)39-5)29(36)27-28(23-18-34(4)25-9-7-6-8-22(23)25)35(31(38)30(27)37)17-19-10-13-21(33)14-11-19/h6-16,18,28,36H,17H2,1-5H3/b29-27+. The van der Waals surface area contributed by atoms with Gasteiger partial charge < -0.3 is 19.3 Å². The Labute approximate surface area is 226 Å². The highest BCUT2D eigenvalue weighted by molar-refractivity contribution is 6.46. The Morgan fingerprint density at radius 1 is 1.03 bits per heavy atom. The van der Waals surface area contributed by atoms with Crippen molar-refractivity contribution in [1.82, 2.24) is 9.47 Å². The highest BCUT2D eigenvalue weighted by Crippen LogP contribution is 2.44. The van der Waals surface area contributed by atoms with Gasteiger partial charge in [0.05, 0.1) is 18.7 Å². The summed E-state index contributed by atoms with van der Waals surface area (Å²) in [6.07, 6.45) is 1.89. The van der Waals surface area contributed by atoms with E-state index < -0.39 is 17.7 Å². The Hall–Kier alpha value is -4.39. The summed E-state index contributed by atoms with van der Waals surface area (Å²) in [5, 5.41) is 12.5. The molecule has 1 unspecified atom stereocenters. The first-order valence-corrected chi connectivity index (χ1v) is 12.8. The number of carbonyl (C=O) groups is 2. The van der Waals surface area contributed by atoms with Crippen molar-refractivity contribution < 1.29 is 23.8 Å². The summed E-state index contributed by atoms with van der Waals surface area (Å²) in [5.41, 5.74) is 3.32. The van der Waals surface area contributed by atoms with Gasteiger partial charge in [-0.05, 0) is 47.4 Å². The Morgan fingerprint density at radius 2 is 1.72 bits per heavy atom. The molecular weight excluding hydrogens is 495 g/mol. The van der Waals surface area contributed by atoms with Gasteiger partial charge in [0.15, 0.2) is 0 Å². The number of fused-ring (bicyclic) bond motifs is 1. The van der Waals surface area contributed by atoms with Gasteiger partial charge in [-0.25, -0.2) is 4.39 Å². The molecule has 1 fully saturated rings. The van der Waals surface area contributed by atoms with Crippen LogP contribution in [0.15, 0.2) is 78.5 Å². The van der Waals surface area contributed by atoms with E-state index in [1.54, 1.807) is 31.4 Å². The number of para-hydroxylation sites is 1. The predicted molar refractivity (Wildman–Crippen MR) is 149 cm³/mol. The van der Waals surface area contributed by atoms with E-state index in [2.05, 4.69) is 0 Å². The molecule has 0 spiro atoms. The van der Waals surface area contributed by atoms with E-state index in [1.807, 2.05) is 68.9 Å². The number of likely N-dealkylation sites (tertiary alicyclic amines) is 1. The normalized spacial score (nSPS) is 17.3. The van der Waals surface area contributed by atoms with Crippen LogP contribution in [0.3, 0.4) is 0 Å².